The molecule has 1 saturated heterocycles. The average molecular weight is 2070 g/mol. The number of aliphatic hydroxyl groups excluding tert-OH is 3. The second-order valence-electron chi connectivity index (χ2n) is 39.5. The molecular formula is C113H126Cl3F3N20O9. The Labute approximate surface area is 872 Å². The standard InChI is InChI=1S/C29H27N3O3.C24H19ClF3NO3.C20H27ClN6O.C20H26ClN5O.C20H27N5O/c1-29-28(34-3)18(30-2)14-22(35-29)31-19-10-6-4-8-15(19)25-24-17(12-13-21(24)33)23-16-9-5-7-11-20(16)32(29)27(23)26(25)31;1-2-23(31)22-14-19(9-10-29-22)32-18-6-3-15(4-7-18)11-17(30)12-16-5-8-21(25)20(13-16)24(26,27)28;1-11(2)13(9-28)5-17-25-19(24-16-7-14(21)6-15(22)8-16)18-20(26-17)27(10-23-18)12(3)4;1-12(2)14(10-27)8-17-24-19(23-16-7-5-6-15(21)9-16)18-20(25-17)26(11-22-18)13(3)4;1-4-15(12-26)10-17-23-19(21-11-16-8-6-5-7-9-16)18-20(24-17)25(13-22-18)14(2)3/h4-11,18,22,28,30H,12-14H2,1-3H3;3-10,13-14H,2,11-12H2,1H3;6-8,10-13,28H,5,9,22H2,1-4H3,(H,24,25,26);5-7,9,11-14,27H,8,10H2,1-4H3,(H,23,24,25);5-9,13-15,26H,4,10-12H2,1-3H3,(H,21,23,24)/t18?,22-,28?,29+;;;;/m0..../s1. The van der Waals surface area contributed by atoms with Gasteiger partial charge in [-0.2, -0.15) is 13.2 Å². The van der Waals surface area contributed by atoms with Gasteiger partial charge < -0.3 is 79.4 Å². The van der Waals surface area contributed by atoms with Gasteiger partial charge in [0.2, 0.25) is 0 Å². The van der Waals surface area contributed by atoms with E-state index in [0.717, 1.165) is 121 Å². The molecule has 8 aromatic carbocycles. The number of nitrogens with one attached hydrogen (secondary N) is 4. The van der Waals surface area contributed by atoms with Gasteiger partial charge in [0.05, 0.1) is 51.6 Å². The molecule has 9 N–H and O–H groups in total. The van der Waals surface area contributed by atoms with Crippen LogP contribution in [-0.2, 0) is 71.2 Å². The molecule has 5 unspecified atom stereocenters. The minimum atomic E-state index is -4.58. The van der Waals surface area contributed by atoms with Crippen molar-refractivity contribution in [2.24, 2.45) is 29.6 Å². The number of methoxy groups -OCH3 is 1. The molecule has 9 aromatic heterocycles. The quantitative estimate of drug-likeness (QED) is 0.0143. The van der Waals surface area contributed by atoms with Crippen LogP contribution in [0.5, 0.6) is 11.5 Å². The summed E-state index contributed by atoms with van der Waals surface area (Å²) in [4.78, 5) is 83.5. The number of carbonyl (C=O) groups is 3. The van der Waals surface area contributed by atoms with E-state index in [1.165, 1.54) is 34.2 Å². The Kier molecular flexibility index (Phi) is 33.8. The van der Waals surface area contributed by atoms with Crippen LogP contribution >= 0.6 is 34.8 Å². The normalized spacial score (nSPS) is 16.0. The summed E-state index contributed by atoms with van der Waals surface area (Å²) in [5.41, 5.74) is 20.0. The van der Waals surface area contributed by atoms with Crippen molar-refractivity contribution in [3.05, 3.63) is 273 Å². The Morgan fingerprint density at radius 3 is 1.68 bits per heavy atom. The number of aryl methyl sites for hydroxylation is 1. The molecule has 3 aliphatic rings. The van der Waals surface area contributed by atoms with E-state index in [0.29, 0.717) is 118 Å². The Morgan fingerprint density at radius 2 is 1.13 bits per heavy atom. The number of pyridine rings is 1. The van der Waals surface area contributed by atoms with Gasteiger partial charge in [-0.05, 0) is 193 Å². The summed E-state index contributed by atoms with van der Waals surface area (Å²) in [7, 11) is 3.79. The Bertz CT molecular complexity index is 7630. The molecule has 1 fully saturated rings. The first-order chi connectivity index (χ1) is 71.0. The van der Waals surface area contributed by atoms with Gasteiger partial charge in [0.15, 0.2) is 62.7 Å². The number of carbonyl (C=O) groups excluding carboxylic acids is 3. The smallest absolute Gasteiger partial charge is 0.417 e. The van der Waals surface area contributed by atoms with Gasteiger partial charge in [0.25, 0.3) is 0 Å². The third-order valence-electron chi connectivity index (χ3n) is 27.7. The minimum absolute atomic E-state index is 0.0642. The second-order valence-corrected chi connectivity index (χ2v) is 40.8. The number of halogens is 6. The minimum Gasteiger partial charge on any atom is -0.457 e. The fourth-order valence-corrected chi connectivity index (χ4v) is 20.2. The number of anilines is 6. The zero-order valence-electron chi connectivity index (χ0n) is 85.6. The van der Waals surface area contributed by atoms with Crippen molar-refractivity contribution in [2.45, 2.75) is 209 Å². The van der Waals surface area contributed by atoms with E-state index in [2.05, 4.69) is 199 Å². The molecule has 1 aliphatic carbocycles. The number of nitrogen functional groups attached to an aromatic ring is 1. The maximum atomic E-state index is 13.4. The summed E-state index contributed by atoms with van der Waals surface area (Å²) in [6, 6.07) is 54.3. The first kappa shape index (κ1) is 107. The van der Waals surface area contributed by atoms with E-state index >= 15 is 0 Å². The summed E-state index contributed by atoms with van der Waals surface area (Å²) >= 11 is 17.9. The predicted octanol–water partition coefficient (Wildman–Crippen LogP) is 24.1. The van der Waals surface area contributed by atoms with Crippen molar-refractivity contribution >= 4 is 164 Å². The largest absolute Gasteiger partial charge is 0.457 e. The van der Waals surface area contributed by atoms with Gasteiger partial charge in [0, 0.05) is 175 Å². The van der Waals surface area contributed by atoms with Crippen LogP contribution in [0.4, 0.5) is 47.7 Å². The lowest BCUT2D eigenvalue weighted by atomic mass is 9.93. The maximum Gasteiger partial charge on any atom is 0.417 e. The SMILES string of the molecule is CC(C)C(CO)Cc1nc(Nc2cc(N)cc(Cl)c2)c2ncn(C(C)C)c2n1.CC(C)C(CO)Cc1nc(Nc2cccc(Cl)c2)c2ncn(C(C)C)c2n1.CCC(=O)c1cc(Oc2ccc(CC(=O)Cc3ccc(Cl)c(C(F)(F)F)c3)cc2)ccn1.CCC(CO)Cc1nc(NCc2ccccc2)c2ncn(C(C)C)c2n1.CNC1C[C@@H]2O[C@](C)(C1OC)n1c3ccccc3c3c4c(c5c6ccccc6n2c5c31)C(=O)CC4. The molecule has 0 radical (unpaired) electrons. The van der Waals surface area contributed by atoms with Gasteiger partial charge in [-0.25, -0.2) is 44.9 Å². The van der Waals surface area contributed by atoms with Crippen LogP contribution in [0.25, 0.3) is 77.1 Å². The second kappa shape index (κ2) is 46.6. The van der Waals surface area contributed by atoms with E-state index in [1.54, 1.807) is 81.3 Å². The Hall–Kier alpha value is -13.4. The number of nitrogens with two attached hydrogens (primary N) is 1. The van der Waals surface area contributed by atoms with Crippen LogP contribution in [-0.4, -0.2) is 151 Å². The number of alkyl halides is 3. The van der Waals surface area contributed by atoms with Gasteiger partial charge in [-0.1, -0.05) is 174 Å². The number of hydrogen-bond donors (Lipinski definition) is 8. The Morgan fingerprint density at radius 1 is 0.574 bits per heavy atom. The number of imidazole rings is 3. The molecule has 17 aromatic rings. The van der Waals surface area contributed by atoms with Crippen molar-refractivity contribution in [1.82, 2.24) is 78.0 Å². The van der Waals surface area contributed by atoms with Crippen molar-refractivity contribution in [3.63, 3.8) is 0 Å². The highest BCUT2D eigenvalue weighted by atomic mass is 35.5. The fraction of sp³-hybridized carbons (Fsp3) is 0.372. The van der Waals surface area contributed by atoms with Crippen LogP contribution in [0.1, 0.15) is 206 Å². The van der Waals surface area contributed by atoms with Crippen molar-refractivity contribution in [3.8, 4) is 11.5 Å². The molecule has 11 heterocycles. The molecule has 0 spiro atoms. The number of rotatable bonds is 32. The number of ketones is 3. The third-order valence-corrected chi connectivity index (χ3v) is 28.4. The van der Waals surface area contributed by atoms with Crippen molar-refractivity contribution in [1.29, 1.82) is 0 Å². The van der Waals surface area contributed by atoms with E-state index in [9.17, 15) is 42.9 Å². The van der Waals surface area contributed by atoms with E-state index in [4.69, 9.17) is 84.7 Å². The van der Waals surface area contributed by atoms with Crippen LogP contribution in [0.3, 0.4) is 0 Å². The zero-order valence-corrected chi connectivity index (χ0v) is 87.9. The van der Waals surface area contributed by atoms with Crippen molar-refractivity contribution in [2.75, 3.05) is 55.7 Å². The number of aliphatic hydroxyl groups is 3. The highest BCUT2D eigenvalue weighted by Gasteiger charge is 2.53. The van der Waals surface area contributed by atoms with Crippen LogP contribution < -0.4 is 31.7 Å². The lowest BCUT2D eigenvalue weighted by molar-refractivity contribution is -0.256. The summed E-state index contributed by atoms with van der Waals surface area (Å²) in [6.45, 7) is 28.0. The number of nitrogens with zero attached hydrogens (tertiary/aromatic N) is 15. The van der Waals surface area contributed by atoms with E-state index in [1.807, 2.05) is 65.0 Å². The van der Waals surface area contributed by atoms with E-state index < -0.39 is 22.5 Å². The molecule has 774 valence electrons. The van der Waals surface area contributed by atoms with Crippen LogP contribution in [0.2, 0.25) is 15.1 Å². The number of ether oxygens (including phenoxy) is 3. The molecule has 35 heteroatoms. The highest BCUT2D eigenvalue weighted by molar-refractivity contribution is 6.33. The summed E-state index contributed by atoms with van der Waals surface area (Å²) in [6.07, 6.45) is 7.06. The molecule has 148 heavy (non-hydrogen) atoms. The number of benzene rings is 8. The van der Waals surface area contributed by atoms with Crippen LogP contribution in [0, 0.1) is 29.6 Å². The average Bonchev–Trinajstić information content (AvgIpc) is 1.50. The summed E-state index contributed by atoms with van der Waals surface area (Å²) in [5, 5.41) is 47.9. The van der Waals surface area contributed by atoms with Crippen LogP contribution in [0.15, 0.2) is 201 Å². The van der Waals surface area contributed by atoms with Gasteiger partial charge >= 0.3 is 6.18 Å². The highest BCUT2D eigenvalue weighted by Crippen LogP contribution is 2.55. The number of aromatic nitrogens is 15. The maximum absolute atomic E-state index is 13.4. The molecule has 29 nitrogen and oxygen atoms in total. The van der Waals surface area contributed by atoms with E-state index in [-0.39, 0.29) is 110 Å². The number of fused-ring (bicyclic) bond motifs is 16. The van der Waals surface area contributed by atoms with Gasteiger partial charge in [-0.3, -0.25) is 19.4 Å². The first-order valence-corrected chi connectivity index (χ1v) is 51.4. The van der Waals surface area contributed by atoms with Gasteiger partial charge in [-0.15, -0.1) is 0 Å². The Balaban J connectivity index is 0.000000133. The molecule has 7 atom stereocenters. The molecule has 2 bridgehead atoms. The summed E-state index contributed by atoms with van der Waals surface area (Å²) < 4.78 is 68.8. The topological polar surface area (TPSA) is 367 Å². The molecule has 0 saturated carbocycles. The third kappa shape index (κ3) is 23.3. The monoisotopic (exact) mass is 2070 g/mol. The molecule has 2 aliphatic heterocycles. The van der Waals surface area contributed by atoms with Gasteiger partial charge in [0.1, 0.15) is 58.3 Å². The number of Topliss-reactive ketones (excluding diaryl/α,β-unsaturated/α-hetero) is 3. The number of hydrogen-bond acceptors (Lipinski definition) is 24. The predicted molar refractivity (Wildman–Crippen MR) is 579 cm³/mol. The first-order valence-electron chi connectivity index (χ1n) is 50.2. The number of para-hydroxylation sites is 2. The van der Waals surface area contributed by atoms with Crippen molar-refractivity contribution < 1.29 is 57.1 Å². The molecular weight excluding hydrogens is 1940 g/mol. The lowest BCUT2D eigenvalue weighted by Crippen LogP contribution is -2.59. The lowest BCUT2D eigenvalue weighted by Gasteiger charge is -2.48. The molecule has 20 rings (SSSR count). The molecule has 0 amide bonds. The zero-order chi connectivity index (χ0) is 105. The summed E-state index contributed by atoms with van der Waals surface area (Å²) in [5.74, 6) is 6.04. The fourth-order valence-electron chi connectivity index (χ4n) is 19.6. The number of likely N-dealkylation sites (N-methyl/N-ethyl adjacent to an activating group) is 1.